The van der Waals surface area contributed by atoms with Crippen molar-refractivity contribution in [3.05, 3.63) is 28.2 Å². The van der Waals surface area contributed by atoms with E-state index in [2.05, 4.69) is 20.7 Å². The van der Waals surface area contributed by atoms with Crippen molar-refractivity contribution in [1.29, 1.82) is 0 Å². The summed E-state index contributed by atoms with van der Waals surface area (Å²) < 4.78 is 22.8. The summed E-state index contributed by atoms with van der Waals surface area (Å²) in [6.07, 6.45) is 0. The molecule has 0 aliphatic rings. The fourth-order valence-corrected chi connectivity index (χ4v) is 3.43. The van der Waals surface area contributed by atoms with E-state index in [1.165, 1.54) is 7.11 Å². The minimum Gasteiger partial charge on any atom is -0.496 e. The number of hydrogen-bond donors (Lipinski definition) is 0. The van der Waals surface area contributed by atoms with Crippen LogP contribution in [0, 0.1) is 5.92 Å². The Morgan fingerprint density at radius 2 is 2.11 bits per heavy atom. The van der Waals surface area contributed by atoms with Crippen LogP contribution < -0.4 is 4.74 Å². The molecule has 106 valence electrons. The Hall–Kier alpha value is -0.880. The number of esters is 1. The van der Waals surface area contributed by atoms with Crippen LogP contribution in [0.15, 0.2) is 22.7 Å². The summed E-state index contributed by atoms with van der Waals surface area (Å²) in [7, 11) is 1.76. The second-order valence-electron chi connectivity index (χ2n) is 4.13. The molecule has 0 saturated heterocycles. The summed E-state index contributed by atoms with van der Waals surface area (Å²) in [4.78, 5) is 11.3. The first-order valence-corrected chi connectivity index (χ1v) is 8.01. The van der Waals surface area contributed by atoms with E-state index in [9.17, 15) is 9.00 Å². The first kappa shape index (κ1) is 16.2. The van der Waals surface area contributed by atoms with Crippen LogP contribution in [0.25, 0.3) is 0 Å². The Bertz CT molecular complexity index is 476. The third-order valence-corrected chi connectivity index (χ3v) is 4.60. The first-order chi connectivity index (χ1) is 8.97. The minimum atomic E-state index is -1.15. The van der Waals surface area contributed by atoms with Gasteiger partial charge in [0.25, 0.3) is 0 Å². The van der Waals surface area contributed by atoms with Crippen LogP contribution in [0.3, 0.4) is 0 Å². The number of ether oxygens (including phenoxy) is 2. The van der Waals surface area contributed by atoms with E-state index in [0.717, 1.165) is 10.0 Å². The highest BCUT2D eigenvalue weighted by atomic mass is 79.9. The van der Waals surface area contributed by atoms with E-state index in [4.69, 9.17) is 4.74 Å². The molecule has 1 rings (SSSR count). The largest absolute Gasteiger partial charge is 0.496 e. The molecule has 0 aromatic heterocycles. The molecule has 2 unspecified atom stereocenters. The number of carbonyl (C=O) groups is 1. The zero-order valence-corrected chi connectivity index (χ0v) is 13.5. The van der Waals surface area contributed by atoms with Crippen molar-refractivity contribution in [3.8, 4) is 5.75 Å². The molecular formula is C13H17BrO4S. The van der Waals surface area contributed by atoms with Gasteiger partial charge in [-0.15, -0.1) is 0 Å². The number of benzene rings is 1. The molecule has 0 spiro atoms. The van der Waals surface area contributed by atoms with Crippen molar-refractivity contribution in [1.82, 2.24) is 0 Å². The Balaban J connectivity index is 2.71. The lowest BCUT2D eigenvalue weighted by molar-refractivity contribution is -0.144. The smallest absolute Gasteiger partial charge is 0.309 e. The van der Waals surface area contributed by atoms with Gasteiger partial charge in [-0.05, 0) is 18.2 Å². The van der Waals surface area contributed by atoms with Gasteiger partial charge in [0.1, 0.15) is 5.75 Å². The summed E-state index contributed by atoms with van der Waals surface area (Å²) in [5.74, 6) is 0.618. The highest BCUT2D eigenvalue weighted by Crippen LogP contribution is 2.24. The van der Waals surface area contributed by atoms with Crippen LogP contribution in [0.1, 0.15) is 12.5 Å². The molecule has 0 fully saturated rings. The minimum absolute atomic E-state index is 0.280. The van der Waals surface area contributed by atoms with Crippen LogP contribution in [-0.4, -0.2) is 30.2 Å². The van der Waals surface area contributed by atoms with Gasteiger partial charge in [-0.2, -0.15) is 0 Å². The third-order valence-electron chi connectivity index (χ3n) is 2.60. The standard InChI is InChI=1S/C13H17BrO4S/c1-9(13(15)18-3)7-19(16)8-10-6-11(14)4-5-12(10)17-2/h4-6,9H,7-8H2,1-3H3. The van der Waals surface area contributed by atoms with Gasteiger partial charge in [-0.1, -0.05) is 22.9 Å². The van der Waals surface area contributed by atoms with E-state index in [1.54, 1.807) is 14.0 Å². The van der Waals surface area contributed by atoms with Crippen molar-refractivity contribution in [2.45, 2.75) is 12.7 Å². The lowest BCUT2D eigenvalue weighted by Gasteiger charge is -2.11. The van der Waals surface area contributed by atoms with Crippen molar-refractivity contribution in [2.24, 2.45) is 5.92 Å². The zero-order chi connectivity index (χ0) is 14.4. The fourth-order valence-electron chi connectivity index (χ4n) is 1.64. The van der Waals surface area contributed by atoms with Gasteiger partial charge in [0.05, 0.1) is 25.9 Å². The molecule has 0 saturated carbocycles. The SMILES string of the molecule is COC(=O)C(C)CS(=O)Cc1cc(Br)ccc1OC. The van der Waals surface area contributed by atoms with E-state index < -0.39 is 10.8 Å². The number of carbonyl (C=O) groups excluding carboxylic acids is 1. The topological polar surface area (TPSA) is 52.6 Å². The second kappa shape index (κ2) is 7.65. The Labute approximate surface area is 124 Å². The number of rotatable bonds is 6. The molecule has 1 aromatic rings. The van der Waals surface area contributed by atoms with Gasteiger partial charge in [0.2, 0.25) is 0 Å². The molecular weight excluding hydrogens is 332 g/mol. The maximum Gasteiger partial charge on any atom is 0.309 e. The van der Waals surface area contributed by atoms with Crippen LogP contribution in [0.5, 0.6) is 5.75 Å². The summed E-state index contributed by atoms with van der Waals surface area (Å²) in [5.41, 5.74) is 0.854. The van der Waals surface area contributed by atoms with Gasteiger partial charge in [-0.25, -0.2) is 0 Å². The molecule has 0 radical (unpaired) electrons. The molecule has 0 heterocycles. The Morgan fingerprint density at radius 1 is 1.42 bits per heavy atom. The maximum atomic E-state index is 12.1. The molecule has 0 amide bonds. The predicted molar refractivity (Wildman–Crippen MR) is 78.6 cm³/mol. The van der Waals surface area contributed by atoms with Gasteiger partial charge in [-0.3, -0.25) is 9.00 Å². The van der Waals surface area contributed by atoms with Crippen LogP contribution in [-0.2, 0) is 26.1 Å². The molecule has 0 N–H and O–H groups in total. The molecule has 19 heavy (non-hydrogen) atoms. The quantitative estimate of drug-likeness (QED) is 0.741. The lowest BCUT2D eigenvalue weighted by Crippen LogP contribution is -2.20. The van der Waals surface area contributed by atoms with Gasteiger partial charge < -0.3 is 9.47 Å². The summed E-state index contributed by atoms with van der Waals surface area (Å²) in [6, 6.07) is 5.56. The molecule has 0 aliphatic carbocycles. The normalized spacial score (nSPS) is 13.7. The van der Waals surface area contributed by atoms with Crippen molar-refractivity contribution in [3.63, 3.8) is 0 Å². The first-order valence-electron chi connectivity index (χ1n) is 5.73. The predicted octanol–water partition coefficient (Wildman–Crippen LogP) is 2.52. The fraction of sp³-hybridized carbons (Fsp3) is 0.462. The molecule has 6 heteroatoms. The highest BCUT2D eigenvalue weighted by molar-refractivity contribution is 9.10. The summed E-state index contributed by atoms with van der Waals surface area (Å²) in [6.45, 7) is 1.71. The average molecular weight is 349 g/mol. The van der Waals surface area contributed by atoms with Gasteiger partial charge in [0.15, 0.2) is 0 Å². The lowest BCUT2D eigenvalue weighted by atomic mass is 10.2. The second-order valence-corrected chi connectivity index (χ2v) is 6.55. The molecule has 0 aliphatic heterocycles. The zero-order valence-electron chi connectivity index (χ0n) is 11.1. The van der Waals surface area contributed by atoms with Crippen LogP contribution in [0.4, 0.5) is 0 Å². The molecule has 0 bridgehead atoms. The third kappa shape index (κ3) is 4.95. The van der Waals surface area contributed by atoms with E-state index in [0.29, 0.717) is 11.5 Å². The number of hydrogen-bond acceptors (Lipinski definition) is 4. The average Bonchev–Trinajstić information content (AvgIpc) is 2.37. The Kier molecular flexibility index (Phi) is 6.51. The molecule has 4 nitrogen and oxygen atoms in total. The van der Waals surface area contributed by atoms with Crippen molar-refractivity contribution < 1.29 is 18.5 Å². The Morgan fingerprint density at radius 3 is 2.68 bits per heavy atom. The summed E-state index contributed by atoms with van der Waals surface area (Å²) in [5, 5.41) is 0. The highest BCUT2D eigenvalue weighted by Gasteiger charge is 2.17. The van der Waals surface area contributed by atoms with Gasteiger partial charge in [0, 0.05) is 26.6 Å². The maximum absolute atomic E-state index is 12.1. The van der Waals surface area contributed by atoms with Crippen molar-refractivity contribution in [2.75, 3.05) is 20.0 Å². The van der Waals surface area contributed by atoms with Gasteiger partial charge >= 0.3 is 5.97 Å². The molecule has 2 atom stereocenters. The monoisotopic (exact) mass is 348 g/mol. The van der Waals surface area contributed by atoms with Crippen LogP contribution in [0.2, 0.25) is 0 Å². The van der Waals surface area contributed by atoms with E-state index >= 15 is 0 Å². The van der Waals surface area contributed by atoms with Crippen molar-refractivity contribution >= 4 is 32.7 Å². The molecule has 1 aromatic carbocycles. The van der Waals surface area contributed by atoms with E-state index in [1.807, 2.05) is 18.2 Å². The summed E-state index contributed by atoms with van der Waals surface area (Å²) >= 11 is 3.37. The van der Waals surface area contributed by atoms with Crippen LogP contribution >= 0.6 is 15.9 Å². The number of methoxy groups -OCH3 is 2. The number of halogens is 1. The van der Waals surface area contributed by atoms with E-state index in [-0.39, 0.29) is 17.6 Å².